The van der Waals surface area contributed by atoms with Crippen molar-refractivity contribution >= 4 is 41.4 Å². The maximum Gasteiger partial charge on any atom is 0.412 e. The van der Waals surface area contributed by atoms with E-state index in [0.717, 1.165) is 44.1 Å². The Bertz CT molecular complexity index is 1580. The molecule has 238 valence electrons. The molecule has 0 unspecified atom stereocenters. The molecule has 2 atom stereocenters. The average molecular weight is 633 g/mol. The second-order valence-electron chi connectivity index (χ2n) is 12.7. The Morgan fingerprint density at radius 1 is 1.09 bits per heavy atom. The summed E-state index contributed by atoms with van der Waals surface area (Å²) in [6, 6.07) is 17.1. The number of ether oxygens (including phenoxy) is 1. The number of carbonyl (C=O) groups is 2. The van der Waals surface area contributed by atoms with Crippen LogP contribution in [0.1, 0.15) is 88.1 Å². The minimum atomic E-state index is -0.681. The van der Waals surface area contributed by atoms with Crippen LogP contribution in [0.25, 0.3) is 0 Å². The highest BCUT2D eigenvalue weighted by Gasteiger charge is 2.39. The Morgan fingerprint density at radius 3 is 2.49 bits per heavy atom. The molecule has 11 heteroatoms. The molecule has 3 N–H and O–H groups in total. The molecule has 2 amide bonds. The lowest BCUT2D eigenvalue weighted by atomic mass is 9.93. The summed E-state index contributed by atoms with van der Waals surface area (Å²) in [6.45, 7) is 5.64. The number of carbonyl (C=O) groups excluding carboxylic acids is 2. The van der Waals surface area contributed by atoms with E-state index < -0.39 is 17.7 Å². The summed E-state index contributed by atoms with van der Waals surface area (Å²) in [4.78, 5) is 47.8. The van der Waals surface area contributed by atoms with Gasteiger partial charge in [0.1, 0.15) is 11.6 Å². The van der Waals surface area contributed by atoms with Gasteiger partial charge in [0.05, 0.1) is 17.7 Å². The van der Waals surface area contributed by atoms with E-state index in [9.17, 15) is 14.4 Å². The second kappa shape index (κ2) is 14.3. The lowest BCUT2D eigenvalue weighted by molar-refractivity contribution is -0.124. The van der Waals surface area contributed by atoms with E-state index >= 15 is 0 Å². The molecule has 5 rings (SSSR count). The highest BCUT2D eigenvalue weighted by atomic mass is 35.5. The van der Waals surface area contributed by atoms with E-state index in [4.69, 9.17) is 16.3 Å². The first kappa shape index (κ1) is 32.2. The summed E-state index contributed by atoms with van der Waals surface area (Å²) in [5.41, 5.74) is 2.50. The number of aromatic nitrogens is 2. The number of nitrogens with one attached hydrogen (secondary N) is 3. The first-order valence-corrected chi connectivity index (χ1v) is 16.0. The number of hydrogen-bond acceptors (Lipinski definition) is 7. The zero-order valence-electron chi connectivity index (χ0n) is 26.0. The van der Waals surface area contributed by atoms with Crippen LogP contribution in [0.15, 0.2) is 64.4 Å². The van der Waals surface area contributed by atoms with Gasteiger partial charge in [0.25, 0.3) is 5.56 Å². The van der Waals surface area contributed by atoms with Gasteiger partial charge in [0, 0.05) is 18.5 Å². The van der Waals surface area contributed by atoms with Gasteiger partial charge < -0.3 is 15.4 Å². The Kier molecular flexibility index (Phi) is 10.2. The second-order valence-corrected chi connectivity index (χ2v) is 13.1. The highest BCUT2D eigenvalue weighted by molar-refractivity contribution is 6.30. The van der Waals surface area contributed by atoms with Crippen LogP contribution >= 0.6 is 11.6 Å². The molecule has 0 saturated heterocycles. The Hall–Kier alpha value is -4.18. The highest BCUT2D eigenvalue weighted by Crippen LogP contribution is 2.41. The van der Waals surface area contributed by atoms with Gasteiger partial charge in [0.15, 0.2) is 11.0 Å². The molecular formula is C34H41ClN6O4. The van der Waals surface area contributed by atoms with Gasteiger partial charge in [-0.2, -0.15) is 0 Å². The summed E-state index contributed by atoms with van der Waals surface area (Å²) >= 11 is 6.74. The summed E-state index contributed by atoms with van der Waals surface area (Å²) in [5, 5.41) is 9.03. The van der Waals surface area contributed by atoms with E-state index in [1.165, 1.54) is 11.9 Å². The monoisotopic (exact) mass is 632 g/mol. The van der Waals surface area contributed by atoms with E-state index in [2.05, 4.69) is 38.1 Å². The van der Waals surface area contributed by atoms with Crippen molar-refractivity contribution in [2.45, 2.75) is 95.9 Å². The average Bonchev–Trinajstić information content (AvgIpc) is 3.37. The fourth-order valence-electron chi connectivity index (χ4n) is 5.68. The van der Waals surface area contributed by atoms with Crippen LogP contribution in [0.3, 0.4) is 0 Å². The molecular weight excluding hydrogens is 592 g/mol. The molecule has 1 saturated carbocycles. The smallest absolute Gasteiger partial charge is 0.412 e. The topological polar surface area (TPSA) is 127 Å². The number of fused-ring (bicyclic) bond motifs is 1. The maximum atomic E-state index is 13.7. The molecule has 0 spiro atoms. The normalized spacial score (nSPS) is 17.9. The molecule has 1 aromatic heterocycles. The van der Waals surface area contributed by atoms with Gasteiger partial charge in [-0.15, -0.1) is 0 Å². The van der Waals surface area contributed by atoms with Crippen molar-refractivity contribution in [2.24, 2.45) is 4.99 Å². The summed E-state index contributed by atoms with van der Waals surface area (Å²) < 4.78 is 6.76. The molecule has 10 nitrogen and oxygen atoms in total. The number of aliphatic imine (C=N–C) groups is 1. The van der Waals surface area contributed by atoms with E-state index in [0.29, 0.717) is 17.8 Å². The summed E-state index contributed by atoms with van der Waals surface area (Å²) in [6.07, 6.45) is 6.86. The molecule has 3 aromatic rings. The SMILES string of the molecule is CC(C)(C)OC(=O)NC=Nc1ccc(CNC(=O)[C@@H]2C[C@@H](CCCc3ccccc3)c3c(Cl)nc(NC4CCC4)c(=O)n32)cc1. The lowest BCUT2D eigenvalue weighted by Crippen LogP contribution is -2.38. The van der Waals surface area contributed by atoms with Crippen molar-refractivity contribution in [2.75, 3.05) is 5.32 Å². The van der Waals surface area contributed by atoms with Gasteiger partial charge in [-0.1, -0.05) is 54.1 Å². The Morgan fingerprint density at radius 2 is 1.82 bits per heavy atom. The molecule has 45 heavy (non-hydrogen) atoms. The molecule has 1 aliphatic heterocycles. The van der Waals surface area contributed by atoms with Crippen LogP contribution in [0.5, 0.6) is 0 Å². The number of amides is 2. The number of halogens is 1. The first-order valence-electron chi connectivity index (χ1n) is 15.6. The number of benzene rings is 2. The van der Waals surface area contributed by atoms with Gasteiger partial charge >= 0.3 is 6.09 Å². The van der Waals surface area contributed by atoms with Crippen LogP contribution < -0.4 is 21.5 Å². The van der Waals surface area contributed by atoms with Crippen molar-refractivity contribution in [1.29, 1.82) is 0 Å². The Balaban J connectivity index is 1.25. The quantitative estimate of drug-likeness (QED) is 0.166. The van der Waals surface area contributed by atoms with E-state index in [-0.39, 0.29) is 40.9 Å². The van der Waals surface area contributed by atoms with Crippen molar-refractivity contribution in [3.63, 3.8) is 0 Å². The number of nitrogens with zero attached hydrogens (tertiary/aromatic N) is 3. The first-order chi connectivity index (χ1) is 21.6. The van der Waals surface area contributed by atoms with Gasteiger partial charge in [-0.25, -0.2) is 14.8 Å². The predicted molar refractivity (Wildman–Crippen MR) is 176 cm³/mol. The van der Waals surface area contributed by atoms with Crippen molar-refractivity contribution in [3.8, 4) is 0 Å². The van der Waals surface area contributed by atoms with E-state index in [1.807, 2.05) is 30.3 Å². The molecule has 2 aromatic carbocycles. The molecule has 0 radical (unpaired) electrons. The lowest BCUT2D eigenvalue weighted by Gasteiger charge is -2.27. The molecule has 1 aliphatic carbocycles. The number of anilines is 1. The zero-order valence-corrected chi connectivity index (χ0v) is 26.8. The van der Waals surface area contributed by atoms with Crippen molar-refractivity contribution < 1.29 is 14.3 Å². The molecule has 2 heterocycles. The van der Waals surface area contributed by atoms with Crippen LogP contribution in [0.2, 0.25) is 5.15 Å². The van der Waals surface area contributed by atoms with Crippen molar-refractivity contribution in [1.82, 2.24) is 20.2 Å². The fraction of sp³-hybridized carbons (Fsp3) is 0.441. The Labute approximate surface area is 268 Å². The minimum Gasteiger partial charge on any atom is -0.444 e. The number of aryl methyl sites for hydroxylation is 1. The number of rotatable bonds is 11. The largest absolute Gasteiger partial charge is 0.444 e. The van der Waals surface area contributed by atoms with Gasteiger partial charge in [0.2, 0.25) is 5.91 Å². The van der Waals surface area contributed by atoms with Crippen LogP contribution in [0.4, 0.5) is 16.3 Å². The third-order valence-electron chi connectivity index (χ3n) is 8.12. The predicted octanol–water partition coefficient (Wildman–Crippen LogP) is 6.41. The van der Waals surface area contributed by atoms with Crippen molar-refractivity contribution in [3.05, 3.63) is 86.9 Å². The number of alkyl carbamates (subject to hydrolysis) is 1. The zero-order chi connectivity index (χ0) is 32.0. The maximum absolute atomic E-state index is 13.7. The third kappa shape index (κ3) is 8.51. The molecule has 0 bridgehead atoms. The molecule has 1 fully saturated rings. The van der Waals surface area contributed by atoms with Crippen LogP contribution in [-0.2, 0) is 22.5 Å². The van der Waals surface area contributed by atoms with Gasteiger partial charge in [-0.3, -0.25) is 19.5 Å². The van der Waals surface area contributed by atoms with Gasteiger partial charge in [-0.05, 0) is 89.0 Å². The number of hydrogen-bond donors (Lipinski definition) is 3. The van der Waals surface area contributed by atoms with E-state index in [1.54, 1.807) is 37.5 Å². The van der Waals surface area contributed by atoms with Crippen LogP contribution in [-0.4, -0.2) is 39.5 Å². The molecule has 2 aliphatic rings. The standard InChI is InChI=1S/C34H41ClN6O4/c1-34(2,3)45-33(44)38-21-37-25-17-15-23(16-18-25)20-36-31(42)27-19-24(12-7-11-22-9-5-4-6-10-22)28-29(35)40-30(32(43)41(27)28)39-26-13-8-14-26/h4-6,9-10,15-18,21,24,26-27H,7-8,11-14,19-20H2,1-3H3,(H,36,42)(H,39,40)(H,37,38,44)/t24-,27+/m1/s1. The third-order valence-corrected chi connectivity index (χ3v) is 8.39. The van der Waals surface area contributed by atoms with Crippen LogP contribution in [0, 0.1) is 0 Å². The summed E-state index contributed by atoms with van der Waals surface area (Å²) in [5.74, 6) is -0.0701. The minimum absolute atomic E-state index is 0.0543. The fourth-order valence-corrected chi connectivity index (χ4v) is 6.01. The summed E-state index contributed by atoms with van der Waals surface area (Å²) in [7, 11) is 0.